The Labute approximate surface area is 210 Å². The van der Waals surface area contributed by atoms with E-state index in [0.29, 0.717) is 4.90 Å². The third kappa shape index (κ3) is 5.90. The average Bonchev–Trinajstić information content (AvgIpc) is 2.81. The molecule has 0 aliphatic heterocycles. The highest BCUT2D eigenvalue weighted by molar-refractivity contribution is 5.50. The van der Waals surface area contributed by atoms with Gasteiger partial charge in [-0.2, -0.15) is 0 Å². The quantitative estimate of drug-likeness (QED) is 0.245. The van der Waals surface area contributed by atoms with Crippen LogP contribution in [0.3, 0.4) is 0 Å². The van der Waals surface area contributed by atoms with Crippen LogP contribution in [0, 0.1) is 51.1 Å². The van der Waals surface area contributed by atoms with E-state index in [-0.39, 0.29) is 87.3 Å². The van der Waals surface area contributed by atoms with Gasteiger partial charge in [-0.3, -0.25) is 30.3 Å². The molecule has 37 heavy (non-hydrogen) atoms. The Morgan fingerprint density at radius 2 is 0.811 bits per heavy atom. The van der Waals surface area contributed by atoms with Crippen molar-refractivity contribution in [2.75, 3.05) is 0 Å². The maximum absolute atomic E-state index is 11.4. The predicted molar refractivity (Wildman–Crippen MR) is 131 cm³/mol. The number of non-ortho nitro benzene ring substituents is 3. The van der Waals surface area contributed by atoms with E-state index in [1.807, 2.05) is 0 Å². The molecule has 0 aliphatic carbocycles. The maximum Gasteiger partial charge on any atom is 0.270 e. The molecule has 0 spiro atoms. The SMILES string of the molecule is Cc1cc([N+](=O)[O-])cc(C[NH+](Cc2cc([N+](=O)[O-])cc(C)c2O)Cc2cc([N+](=O)[O-])cc(C)c2O)c1O. The molecule has 13 nitrogen and oxygen atoms in total. The lowest BCUT2D eigenvalue weighted by molar-refractivity contribution is -0.941. The predicted octanol–water partition coefficient (Wildman–Crippen LogP) is 3.24. The number of benzene rings is 3. The van der Waals surface area contributed by atoms with Crippen molar-refractivity contribution in [3.8, 4) is 17.2 Å². The van der Waals surface area contributed by atoms with Gasteiger partial charge in [0, 0.05) is 36.4 Å². The van der Waals surface area contributed by atoms with Crippen molar-refractivity contribution >= 4 is 17.1 Å². The number of hydrogen-bond donors (Lipinski definition) is 4. The van der Waals surface area contributed by atoms with Crippen LogP contribution < -0.4 is 4.90 Å². The summed E-state index contributed by atoms with van der Waals surface area (Å²) >= 11 is 0. The Hall–Kier alpha value is -4.78. The number of hydrogen-bond acceptors (Lipinski definition) is 9. The van der Waals surface area contributed by atoms with Gasteiger partial charge in [-0.1, -0.05) is 0 Å². The van der Waals surface area contributed by atoms with Crippen molar-refractivity contribution in [1.29, 1.82) is 0 Å². The number of aromatic hydroxyl groups is 3. The van der Waals surface area contributed by atoms with Gasteiger partial charge in [0.25, 0.3) is 17.1 Å². The largest absolute Gasteiger partial charge is 0.507 e. The molecule has 0 fully saturated rings. The molecule has 0 aliphatic rings. The van der Waals surface area contributed by atoms with Gasteiger partial charge in [0.1, 0.15) is 36.9 Å². The minimum atomic E-state index is -0.610. The third-order valence-corrected chi connectivity index (χ3v) is 6.05. The molecular weight excluding hydrogens is 488 g/mol. The monoisotopic (exact) mass is 513 g/mol. The van der Waals surface area contributed by atoms with Gasteiger partial charge in [0.05, 0.1) is 31.5 Å². The van der Waals surface area contributed by atoms with Crippen LogP contribution in [0.1, 0.15) is 33.4 Å². The van der Waals surface area contributed by atoms with Crippen LogP contribution in [-0.4, -0.2) is 30.1 Å². The topological polar surface area (TPSA) is 195 Å². The van der Waals surface area contributed by atoms with Gasteiger partial charge >= 0.3 is 0 Å². The number of aryl methyl sites for hydroxylation is 3. The Balaban J connectivity index is 2.12. The standard InChI is InChI=1S/C24H24N4O9/c1-13-4-19(26(32)33)7-16(22(13)29)10-25(11-17-8-20(27(34)35)5-14(2)23(17)30)12-18-9-21(28(36)37)6-15(3)24(18)31/h4-9,29-31H,10-12H2,1-3H3/p+1. The fraction of sp³-hybridized carbons (Fsp3) is 0.250. The minimum Gasteiger partial charge on any atom is -0.507 e. The summed E-state index contributed by atoms with van der Waals surface area (Å²) in [5.41, 5.74) is 0.554. The Bertz CT molecular complexity index is 1250. The van der Waals surface area contributed by atoms with Crippen LogP contribution >= 0.6 is 0 Å². The van der Waals surface area contributed by atoms with Gasteiger partial charge in [-0.25, -0.2) is 0 Å². The van der Waals surface area contributed by atoms with Gasteiger partial charge in [-0.05, 0) is 37.5 Å². The summed E-state index contributed by atoms with van der Waals surface area (Å²) < 4.78 is 0. The van der Waals surface area contributed by atoms with Crippen molar-refractivity contribution in [3.05, 3.63) is 100 Å². The zero-order chi connectivity index (χ0) is 27.6. The smallest absolute Gasteiger partial charge is 0.270 e. The first-order chi connectivity index (χ1) is 17.3. The summed E-state index contributed by atoms with van der Waals surface area (Å²) in [6.45, 7) is 4.27. The molecule has 13 heteroatoms. The summed E-state index contributed by atoms with van der Waals surface area (Å²) in [4.78, 5) is 32.8. The normalized spacial score (nSPS) is 11.0. The number of nitrogens with one attached hydrogen (secondary N) is 1. The number of nitrogens with zero attached hydrogens (tertiary/aromatic N) is 3. The number of nitro groups is 3. The average molecular weight is 513 g/mol. The van der Waals surface area contributed by atoms with Crippen molar-refractivity contribution in [2.45, 2.75) is 40.4 Å². The van der Waals surface area contributed by atoms with E-state index in [9.17, 15) is 45.7 Å². The molecule has 0 aromatic heterocycles. The van der Waals surface area contributed by atoms with Crippen molar-refractivity contribution in [1.82, 2.24) is 0 Å². The van der Waals surface area contributed by atoms with E-state index in [2.05, 4.69) is 0 Å². The summed E-state index contributed by atoms with van der Waals surface area (Å²) in [6.07, 6.45) is 0. The van der Waals surface area contributed by atoms with E-state index in [1.54, 1.807) is 0 Å². The first kappa shape index (κ1) is 26.8. The highest BCUT2D eigenvalue weighted by Crippen LogP contribution is 2.30. The second kappa shape index (κ2) is 10.5. The van der Waals surface area contributed by atoms with E-state index in [4.69, 9.17) is 0 Å². The fourth-order valence-electron chi connectivity index (χ4n) is 4.21. The molecule has 0 bridgehead atoms. The molecule has 0 atom stereocenters. The van der Waals surface area contributed by atoms with Crippen molar-refractivity contribution < 1.29 is 35.0 Å². The second-order valence-electron chi connectivity index (χ2n) is 8.86. The molecule has 0 radical (unpaired) electrons. The van der Waals surface area contributed by atoms with Crippen LogP contribution in [0.15, 0.2) is 36.4 Å². The minimum absolute atomic E-state index is 0.0727. The van der Waals surface area contributed by atoms with Crippen LogP contribution in [0.4, 0.5) is 17.1 Å². The zero-order valence-electron chi connectivity index (χ0n) is 20.2. The Kier molecular flexibility index (Phi) is 7.58. The molecule has 4 N–H and O–H groups in total. The van der Waals surface area contributed by atoms with E-state index >= 15 is 0 Å². The molecule has 0 amide bonds. The lowest BCUT2D eigenvalue weighted by Crippen LogP contribution is -3.08. The highest BCUT2D eigenvalue weighted by Gasteiger charge is 2.25. The summed E-state index contributed by atoms with van der Waals surface area (Å²) in [5, 5.41) is 65.9. The van der Waals surface area contributed by atoms with Gasteiger partial charge in [0.2, 0.25) is 0 Å². The summed E-state index contributed by atoms with van der Waals surface area (Å²) in [7, 11) is 0. The summed E-state index contributed by atoms with van der Waals surface area (Å²) in [6, 6.07) is 7.22. The number of phenols is 3. The molecule has 0 heterocycles. The number of nitro benzene ring substituents is 3. The Morgan fingerprint density at radius 1 is 0.568 bits per heavy atom. The van der Waals surface area contributed by atoms with Crippen LogP contribution in [0.25, 0.3) is 0 Å². The Morgan fingerprint density at radius 3 is 1.03 bits per heavy atom. The van der Waals surface area contributed by atoms with Gasteiger partial charge < -0.3 is 20.2 Å². The van der Waals surface area contributed by atoms with Gasteiger partial charge in [-0.15, -0.1) is 0 Å². The molecule has 0 saturated carbocycles. The first-order valence-corrected chi connectivity index (χ1v) is 11.0. The molecule has 0 saturated heterocycles. The number of quaternary nitrogens is 1. The third-order valence-electron chi connectivity index (χ3n) is 6.05. The molecular formula is C24H25N4O9+. The summed E-state index contributed by atoms with van der Waals surface area (Å²) in [5.74, 6) is -0.578. The zero-order valence-corrected chi connectivity index (χ0v) is 20.2. The van der Waals surface area contributed by atoms with Gasteiger partial charge in [0.15, 0.2) is 0 Å². The second-order valence-corrected chi connectivity index (χ2v) is 8.86. The molecule has 3 aromatic rings. The molecule has 0 unspecified atom stereocenters. The first-order valence-electron chi connectivity index (χ1n) is 11.0. The van der Waals surface area contributed by atoms with E-state index in [0.717, 1.165) is 0 Å². The van der Waals surface area contributed by atoms with Crippen molar-refractivity contribution in [3.63, 3.8) is 0 Å². The van der Waals surface area contributed by atoms with Crippen LogP contribution in [0.5, 0.6) is 17.2 Å². The van der Waals surface area contributed by atoms with Crippen molar-refractivity contribution in [2.24, 2.45) is 0 Å². The van der Waals surface area contributed by atoms with E-state index < -0.39 is 14.8 Å². The lowest BCUT2D eigenvalue weighted by atomic mass is 10.0. The maximum atomic E-state index is 11.4. The van der Waals surface area contributed by atoms with E-state index in [1.165, 1.54) is 57.2 Å². The van der Waals surface area contributed by atoms with Crippen LogP contribution in [-0.2, 0) is 19.6 Å². The number of rotatable bonds is 9. The number of phenolic OH excluding ortho intramolecular Hbond substituents is 3. The molecule has 3 rings (SSSR count). The highest BCUT2D eigenvalue weighted by atomic mass is 16.6. The molecule has 194 valence electrons. The fourth-order valence-corrected chi connectivity index (χ4v) is 4.21. The lowest BCUT2D eigenvalue weighted by Gasteiger charge is -2.22. The van der Waals surface area contributed by atoms with Crippen LogP contribution in [0.2, 0.25) is 0 Å². The molecule has 3 aromatic carbocycles.